The van der Waals surface area contributed by atoms with Crippen molar-refractivity contribution in [3.63, 3.8) is 0 Å². The van der Waals surface area contributed by atoms with Gasteiger partial charge in [0.05, 0.1) is 13.2 Å². The van der Waals surface area contributed by atoms with Gasteiger partial charge in [0.15, 0.2) is 11.5 Å². The highest BCUT2D eigenvalue weighted by Crippen LogP contribution is 2.58. The summed E-state index contributed by atoms with van der Waals surface area (Å²) in [4.78, 5) is 20.3. The summed E-state index contributed by atoms with van der Waals surface area (Å²) in [6, 6.07) is 14.0. The maximum absolute atomic E-state index is 13.1. The molecule has 8 nitrogen and oxygen atoms in total. The minimum absolute atomic E-state index is 0.0947. The van der Waals surface area contributed by atoms with Crippen LogP contribution in [0.4, 0.5) is 5.69 Å². The van der Waals surface area contributed by atoms with E-state index in [9.17, 15) is 9.90 Å². The third-order valence-electron chi connectivity index (χ3n) is 13.0. The number of pyridine rings is 1. The molecule has 278 valence electrons. The fourth-order valence-corrected chi connectivity index (χ4v) is 10.4. The van der Waals surface area contributed by atoms with Crippen molar-refractivity contribution in [2.24, 2.45) is 11.8 Å². The van der Waals surface area contributed by atoms with E-state index >= 15 is 0 Å². The third-order valence-corrected chi connectivity index (χ3v) is 13.2. The van der Waals surface area contributed by atoms with Crippen molar-refractivity contribution in [3.05, 3.63) is 76.1 Å². The number of aliphatic carboxylic acids is 1. The lowest BCUT2D eigenvalue weighted by Gasteiger charge is -2.47. The van der Waals surface area contributed by atoms with Gasteiger partial charge in [-0.1, -0.05) is 31.5 Å². The average Bonchev–Trinajstić information content (AvgIpc) is 3.68. The number of ether oxygens (including phenoxy) is 3. The molecule has 2 N–H and O–H groups in total. The van der Waals surface area contributed by atoms with Gasteiger partial charge in [-0.05, 0) is 154 Å². The number of likely N-dealkylation sites (tertiary alicyclic amines) is 1. The Morgan fingerprint density at radius 3 is 2.71 bits per heavy atom. The molecular weight excluding hydrogens is 674 g/mol. The largest absolute Gasteiger partial charge is 0.493 e. The van der Waals surface area contributed by atoms with E-state index in [2.05, 4.69) is 41.2 Å². The van der Waals surface area contributed by atoms with Crippen molar-refractivity contribution in [2.75, 3.05) is 38.2 Å². The van der Waals surface area contributed by atoms with Crippen LogP contribution in [0.3, 0.4) is 0 Å². The molecular formula is C43H54ClN3O5. The molecule has 4 atom stereocenters. The number of benzene rings is 2. The van der Waals surface area contributed by atoms with Gasteiger partial charge >= 0.3 is 5.97 Å². The smallest absolute Gasteiger partial charge is 0.329 e. The quantitative estimate of drug-likeness (QED) is 0.214. The van der Waals surface area contributed by atoms with Crippen LogP contribution >= 0.6 is 11.6 Å². The number of rotatable bonds is 10. The van der Waals surface area contributed by atoms with Gasteiger partial charge in [0.2, 0.25) is 0 Å². The Bertz CT molecular complexity index is 1770. The first-order valence-electron chi connectivity index (χ1n) is 19.8. The lowest BCUT2D eigenvalue weighted by Crippen LogP contribution is -2.53. The Hall–Kier alpha value is -3.49. The molecule has 5 aliphatic rings. The molecule has 0 bridgehead atoms. The van der Waals surface area contributed by atoms with Crippen LogP contribution in [0.1, 0.15) is 106 Å². The van der Waals surface area contributed by atoms with E-state index in [0.717, 1.165) is 81.1 Å². The maximum atomic E-state index is 13.1. The molecule has 52 heavy (non-hydrogen) atoms. The topological polar surface area (TPSA) is 93.2 Å². The minimum Gasteiger partial charge on any atom is -0.493 e. The van der Waals surface area contributed by atoms with Gasteiger partial charge in [-0.15, -0.1) is 0 Å². The Morgan fingerprint density at radius 2 is 1.92 bits per heavy atom. The number of nitrogens with one attached hydrogen (secondary N) is 1. The van der Waals surface area contributed by atoms with Gasteiger partial charge < -0.3 is 24.6 Å². The van der Waals surface area contributed by atoms with Crippen LogP contribution in [0.5, 0.6) is 17.2 Å². The lowest BCUT2D eigenvalue weighted by atomic mass is 9.59. The van der Waals surface area contributed by atoms with E-state index in [1.54, 1.807) is 0 Å². The number of hydrogen-bond acceptors (Lipinski definition) is 7. The van der Waals surface area contributed by atoms with Crippen molar-refractivity contribution in [2.45, 2.75) is 114 Å². The van der Waals surface area contributed by atoms with Crippen LogP contribution in [-0.4, -0.2) is 65.5 Å². The van der Waals surface area contributed by atoms with Crippen molar-refractivity contribution >= 4 is 23.3 Å². The fourth-order valence-electron chi connectivity index (χ4n) is 10.2. The molecule has 1 saturated heterocycles. The average molecular weight is 728 g/mol. The second-order valence-electron chi connectivity index (χ2n) is 16.5. The van der Waals surface area contributed by atoms with Gasteiger partial charge in [-0.3, -0.25) is 9.88 Å². The molecule has 3 heterocycles. The Morgan fingerprint density at radius 1 is 1.10 bits per heavy atom. The predicted octanol–water partition coefficient (Wildman–Crippen LogP) is 8.83. The van der Waals surface area contributed by atoms with Gasteiger partial charge in [-0.2, -0.15) is 0 Å². The van der Waals surface area contributed by atoms with Crippen LogP contribution in [0.2, 0.25) is 5.02 Å². The second kappa shape index (κ2) is 14.7. The highest BCUT2D eigenvalue weighted by Gasteiger charge is 2.54. The molecule has 0 amide bonds. The number of carbonyl (C=O) groups is 1. The molecule has 0 unspecified atom stereocenters. The maximum Gasteiger partial charge on any atom is 0.329 e. The van der Waals surface area contributed by atoms with Crippen molar-refractivity contribution < 1.29 is 24.1 Å². The van der Waals surface area contributed by atoms with Crippen molar-refractivity contribution in [1.29, 1.82) is 0 Å². The monoisotopic (exact) mass is 727 g/mol. The van der Waals surface area contributed by atoms with E-state index < -0.39 is 11.5 Å². The van der Waals surface area contributed by atoms with E-state index in [1.165, 1.54) is 48.1 Å². The van der Waals surface area contributed by atoms with Crippen LogP contribution in [0.25, 0.3) is 0 Å². The number of nitrogens with zero attached hydrogens (tertiary/aromatic N) is 2. The summed E-state index contributed by atoms with van der Waals surface area (Å²) in [5, 5.41) is 14.7. The number of carboxylic acid groups (broad SMARTS) is 1. The normalized spacial score (nSPS) is 28.9. The zero-order valence-electron chi connectivity index (χ0n) is 30.8. The first kappa shape index (κ1) is 35.5. The van der Waals surface area contributed by atoms with Crippen molar-refractivity contribution in [1.82, 2.24) is 9.88 Å². The third kappa shape index (κ3) is 6.98. The molecule has 3 aliphatic carbocycles. The van der Waals surface area contributed by atoms with Gasteiger partial charge in [0, 0.05) is 41.1 Å². The van der Waals surface area contributed by atoms with Crippen LogP contribution < -0.4 is 19.5 Å². The summed E-state index contributed by atoms with van der Waals surface area (Å²) in [7, 11) is 0. The predicted molar refractivity (Wildman–Crippen MR) is 204 cm³/mol. The zero-order chi connectivity index (χ0) is 35.9. The van der Waals surface area contributed by atoms with Crippen LogP contribution in [0.15, 0.2) is 48.7 Å². The molecule has 8 rings (SSSR count). The number of carboxylic acids is 1. The summed E-state index contributed by atoms with van der Waals surface area (Å²) in [6.07, 6.45) is 13.3. The molecule has 2 aromatic carbocycles. The summed E-state index contributed by atoms with van der Waals surface area (Å²) < 4.78 is 19.8. The second-order valence-corrected chi connectivity index (χ2v) is 17.0. The Labute approximate surface area is 313 Å². The SMILES string of the molecule is C[C@@H](COc1ccnc2c1[C@H](C)CCC2)C[C@H]1Cc2cc3c(cc2C12CCC(Nc1cccc(Cl)c1)(C(=O)O)CC2)O[C@H](CN1CCCC1)CCO3. The molecule has 0 radical (unpaired) electrons. The van der Waals surface area contributed by atoms with Crippen LogP contribution in [0, 0.1) is 11.8 Å². The van der Waals surface area contributed by atoms with E-state index in [1.807, 2.05) is 36.5 Å². The van der Waals surface area contributed by atoms with Crippen LogP contribution in [-0.2, 0) is 23.1 Å². The lowest BCUT2D eigenvalue weighted by molar-refractivity contribution is -0.144. The Balaban J connectivity index is 1.06. The van der Waals surface area contributed by atoms with Gasteiger partial charge in [0.25, 0.3) is 0 Å². The number of fused-ring (bicyclic) bond motifs is 4. The highest BCUT2D eigenvalue weighted by atomic mass is 35.5. The Kier molecular flexibility index (Phi) is 10.1. The first-order chi connectivity index (χ1) is 25.2. The number of hydrogen-bond donors (Lipinski definition) is 2. The zero-order valence-corrected chi connectivity index (χ0v) is 31.6. The molecule has 1 spiro atoms. The standard InChI is InChI=1S/C43H54ClN3O5/c1-28(27-51-37-11-17-45-36-10-5-7-29(2)40(36)37)21-31-22-30-23-38-39(52-34(12-20-50-38)26-47-18-3-4-19-47)25-35(30)42(31)13-15-43(16-14-42,41(48)49)46-33-9-6-8-32(44)24-33/h6,8-9,11,17,23-25,28-29,31,34,46H,3-5,7,10,12-16,18-22,26-27H2,1-2H3,(H,48,49)/t28-,29-,31+,34+,42?,43?/m1/s1. The number of halogens is 1. The summed E-state index contributed by atoms with van der Waals surface area (Å²) >= 11 is 6.32. The summed E-state index contributed by atoms with van der Waals surface area (Å²) in [5.74, 6) is 3.00. The first-order valence-corrected chi connectivity index (χ1v) is 20.2. The fraction of sp³-hybridized carbons (Fsp3) is 0.581. The van der Waals surface area contributed by atoms with E-state index in [0.29, 0.717) is 48.8 Å². The number of aryl methyl sites for hydroxylation is 1. The van der Waals surface area contributed by atoms with Gasteiger partial charge in [0.1, 0.15) is 17.4 Å². The minimum atomic E-state index is -1.07. The van der Waals surface area contributed by atoms with Crippen molar-refractivity contribution in [3.8, 4) is 17.2 Å². The molecule has 1 aromatic heterocycles. The molecule has 1 saturated carbocycles. The number of aromatic nitrogens is 1. The van der Waals surface area contributed by atoms with Gasteiger partial charge in [-0.25, -0.2) is 4.79 Å². The molecule has 3 aromatic rings. The molecule has 9 heteroatoms. The highest BCUT2D eigenvalue weighted by molar-refractivity contribution is 6.30. The summed E-state index contributed by atoms with van der Waals surface area (Å²) in [6.45, 7) is 9.11. The number of anilines is 1. The summed E-state index contributed by atoms with van der Waals surface area (Å²) in [5.41, 5.74) is 4.64. The van der Waals surface area contributed by atoms with E-state index in [4.69, 9.17) is 25.8 Å². The molecule has 2 fully saturated rings. The molecule has 2 aliphatic heterocycles. The van der Waals surface area contributed by atoms with E-state index in [-0.39, 0.29) is 11.5 Å².